The molecule has 0 aliphatic rings. The molecule has 0 aliphatic carbocycles. The Bertz CT molecular complexity index is 684. The Kier molecular flexibility index (Phi) is 14.1. The zero-order valence-corrected chi connectivity index (χ0v) is 18.6. The number of carbonyl (C=O) groups is 1. The number of nitrogens with one attached hydrogen (secondary N) is 1. The van der Waals surface area contributed by atoms with E-state index in [0.29, 0.717) is 11.4 Å². The highest BCUT2D eigenvalue weighted by Gasteiger charge is 2.00. The molecule has 29 heavy (non-hydrogen) atoms. The van der Waals surface area contributed by atoms with E-state index in [1.54, 1.807) is 24.4 Å². The van der Waals surface area contributed by atoms with E-state index in [-0.39, 0.29) is 5.75 Å². The first-order valence-corrected chi connectivity index (χ1v) is 11.6. The summed E-state index contributed by atoms with van der Waals surface area (Å²) in [6.07, 6.45) is 18.8. The van der Waals surface area contributed by atoms with E-state index in [1.165, 1.54) is 70.6 Å². The molecule has 0 spiro atoms. The Morgan fingerprint density at radius 1 is 0.897 bits per heavy atom. The van der Waals surface area contributed by atoms with Gasteiger partial charge in [-0.1, -0.05) is 95.6 Å². The minimum absolute atomic E-state index is 0.261. The third-order valence-electron chi connectivity index (χ3n) is 5.12. The molecule has 5 heteroatoms. The number of benzene rings is 1. The molecule has 1 heterocycles. The second kappa shape index (κ2) is 16.2. The summed E-state index contributed by atoms with van der Waals surface area (Å²) in [5, 5.41) is 19.2. The first kappa shape index (κ1) is 25.4. The molecule has 0 fully saturated rings. The first-order chi connectivity index (χ1) is 14.0. The number of rotatable bonds is 14. The van der Waals surface area contributed by atoms with Crippen molar-refractivity contribution in [3.63, 3.8) is 0 Å². The van der Waals surface area contributed by atoms with E-state index in [1.807, 2.05) is 0 Å². The number of halogens is 1. The van der Waals surface area contributed by atoms with E-state index >= 15 is 0 Å². The molecule has 0 unspecified atom stereocenters. The van der Waals surface area contributed by atoms with Crippen LogP contribution in [0.1, 0.15) is 96.8 Å². The SMILES string of the molecule is CCCCCCCCCCCCCCCC(=O)O.Oc1c[nH]c2cc(Cl)ccc12. The van der Waals surface area contributed by atoms with Crippen molar-refractivity contribution < 1.29 is 15.0 Å². The molecule has 0 aliphatic heterocycles. The standard InChI is InChI=1S/C16H32O2.C8H6ClNO/c1-2-3-4-5-6-7-8-9-10-11-12-13-14-15-16(17)18;9-5-1-2-6-7(3-5)10-4-8(6)11/h2-15H2,1H3,(H,17,18);1-4,10-11H. The molecule has 0 atom stereocenters. The van der Waals surface area contributed by atoms with Crippen LogP contribution in [0.15, 0.2) is 24.4 Å². The van der Waals surface area contributed by atoms with Crippen LogP contribution in [0.4, 0.5) is 0 Å². The van der Waals surface area contributed by atoms with Crippen molar-refractivity contribution in [2.75, 3.05) is 0 Å². The molecule has 2 aromatic rings. The van der Waals surface area contributed by atoms with Gasteiger partial charge < -0.3 is 15.2 Å². The molecule has 1 aromatic heterocycles. The summed E-state index contributed by atoms with van der Waals surface area (Å²) >= 11 is 5.73. The number of H-pyrrole nitrogens is 1. The van der Waals surface area contributed by atoms with Crippen LogP contribution >= 0.6 is 11.6 Å². The number of aliphatic carboxylic acids is 1. The molecule has 4 nitrogen and oxygen atoms in total. The molecule has 1 aromatic carbocycles. The maximum atomic E-state index is 10.3. The van der Waals surface area contributed by atoms with Crippen LogP contribution in [-0.2, 0) is 4.79 Å². The molecule has 0 radical (unpaired) electrons. The summed E-state index contributed by atoms with van der Waals surface area (Å²) in [6, 6.07) is 5.30. The zero-order chi connectivity index (χ0) is 21.3. The molecule has 3 N–H and O–H groups in total. The fourth-order valence-corrected chi connectivity index (χ4v) is 3.55. The smallest absolute Gasteiger partial charge is 0.303 e. The molecule has 2 rings (SSSR count). The van der Waals surface area contributed by atoms with Gasteiger partial charge >= 0.3 is 5.97 Å². The fraction of sp³-hybridized carbons (Fsp3) is 0.625. The predicted octanol–water partition coefficient (Wildman–Crippen LogP) is 8.08. The number of aromatic hydroxyl groups is 1. The normalized spacial score (nSPS) is 10.7. The zero-order valence-electron chi connectivity index (χ0n) is 17.9. The molecule has 0 saturated heterocycles. The number of unbranched alkanes of at least 4 members (excludes halogenated alkanes) is 12. The first-order valence-electron chi connectivity index (χ1n) is 11.2. The topological polar surface area (TPSA) is 73.3 Å². The summed E-state index contributed by atoms with van der Waals surface area (Å²) in [5.74, 6) is -0.394. The Morgan fingerprint density at radius 3 is 1.93 bits per heavy atom. The van der Waals surface area contributed by atoms with Crippen molar-refractivity contribution in [3.05, 3.63) is 29.4 Å². The Labute approximate surface area is 180 Å². The van der Waals surface area contributed by atoms with Gasteiger partial charge in [-0.25, -0.2) is 0 Å². The van der Waals surface area contributed by atoms with E-state index in [9.17, 15) is 9.90 Å². The second-order valence-electron chi connectivity index (χ2n) is 7.75. The summed E-state index contributed by atoms with van der Waals surface area (Å²) in [6.45, 7) is 2.26. The van der Waals surface area contributed by atoms with Gasteiger partial charge in [0.15, 0.2) is 0 Å². The van der Waals surface area contributed by atoms with Crippen molar-refractivity contribution in [1.29, 1.82) is 0 Å². The van der Waals surface area contributed by atoms with Crippen LogP contribution in [0.3, 0.4) is 0 Å². The minimum Gasteiger partial charge on any atom is -0.506 e. The number of carboxylic acid groups (broad SMARTS) is 1. The van der Waals surface area contributed by atoms with Gasteiger partial charge in [0.1, 0.15) is 5.75 Å². The van der Waals surface area contributed by atoms with Crippen LogP contribution in [0, 0.1) is 0 Å². The second-order valence-corrected chi connectivity index (χ2v) is 8.19. The maximum Gasteiger partial charge on any atom is 0.303 e. The van der Waals surface area contributed by atoms with Gasteiger partial charge in [-0.05, 0) is 24.6 Å². The Morgan fingerprint density at radius 2 is 1.41 bits per heavy atom. The van der Waals surface area contributed by atoms with Crippen molar-refractivity contribution in [1.82, 2.24) is 4.98 Å². The highest BCUT2D eigenvalue weighted by Crippen LogP contribution is 2.25. The van der Waals surface area contributed by atoms with Crippen LogP contribution in [-0.4, -0.2) is 21.2 Å². The van der Waals surface area contributed by atoms with Crippen molar-refractivity contribution in [2.24, 2.45) is 0 Å². The monoisotopic (exact) mass is 423 g/mol. The van der Waals surface area contributed by atoms with Crippen molar-refractivity contribution >= 4 is 28.5 Å². The van der Waals surface area contributed by atoms with Crippen molar-refractivity contribution in [3.8, 4) is 5.75 Å². The average Bonchev–Trinajstić information content (AvgIpc) is 3.06. The van der Waals surface area contributed by atoms with Crippen LogP contribution in [0.25, 0.3) is 10.9 Å². The molecule has 164 valence electrons. The summed E-state index contributed by atoms with van der Waals surface area (Å²) in [4.78, 5) is 13.2. The number of fused-ring (bicyclic) bond motifs is 1. The predicted molar refractivity (Wildman–Crippen MR) is 123 cm³/mol. The fourth-order valence-electron chi connectivity index (χ4n) is 3.38. The highest BCUT2D eigenvalue weighted by atomic mass is 35.5. The Hall–Kier alpha value is -1.68. The summed E-state index contributed by atoms with van der Waals surface area (Å²) < 4.78 is 0. The lowest BCUT2D eigenvalue weighted by Gasteiger charge is -2.02. The van der Waals surface area contributed by atoms with E-state index in [0.717, 1.165) is 23.7 Å². The lowest BCUT2D eigenvalue weighted by Crippen LogP contribution is -1.93. The lowest BCUT2D eigenvalue weighted by molar-refractivity contribution is -0.137. The minimum atomic E-state index is -0.655. The number of aromatic nitrogens is 1. The Balaban J connectivity index is 0.000000321. The van der Waals surface area contributed by atoms with Crippen LogP contribution in [0.2, 0.25) is 5.02 Å². The van der Waals surface area contributed by atoms with Gasteiger partial charge in [0, 0.05) is 23.0 Å². The van der Waals surface area contributed by atoms with Gasteiger partial charge in [0.2, 0.25) is 0 Å². The summed E-state index contributed by atoms with van der Waals surface area (Å²) in [5.41, 5.74) is 0.856. The van der Waals surface area contributed by atoms with E-state index < -0.39 is 5.97 Å². The van der Waals surface area contributed by atoms with Gasteiger partial charge in [0.05, 0.1) is 5.52 Å². The largest absolute Gasteiger partial charge is 0.506 e. The van der Waals surface area contributed by atoms with Gasteiger partial charge in [-0.2, -0.15) is 0 Å². The average molecular weight is 424 g/mol. The van der Waals surface area contributed by atoms with Crippen LogP contribution < -0.4 is 0 Å². The third kappa shape index (κ3) is 12.5. The number of hydrogen-bond donors (Lipinski definition) is 3. The number of carboxylic acids is 1. The molecular weight excluding hydrogens is 386 g/mol. The molecule has 0 saturated carbocycles. The van der Waals surface area contributed by atoms with Gasteiger partial charge in [-0.3, -0.25) is 4.79 Å². The highest BCUT2D eigenvalue weighted by molar-refractivity contribution is 6.31. The van der Waals surface area contributed by atoms with Crippen molar-refractivity contribution in [2.45, 2.75) is 96.8 Å². The third-order valence-corrected chi connectivity index (χ3v) is 5.35. The lowest BCUT2D eigenvalue weighted by atomic mass is 10.0. The molecular formula is C24H38ClNO3. The molecule has 0 bridgehead atoms. The molecule has 0 amide bonds. The quantitative estimate of drug-likeness (QED) is 0.269. The van der Waals surface area contributed by atoms with E-state index in [2.05, 4.69) is 11.9 Å². The van der Waals surface area contributed by atoms with Gasteiger partial charge in [0.25, 0.3) is 0 Å². The van der Waals surface area contributed by atoms with E-state index in [4.69, 9.17) is 16.7 Å². The summed E-state index contributed by atoms with van der Waals surface area (Å²) in [7, 11) is 0. The van der Waals surface area contributed by atoms with Gasteiger partial charge in [-0.15, -0.1) is 0 Å². The van der Waals surface area contributed by atoms with Crippen LogP contribution in [0.5, 0.6) is 5.75 Å². The number of aromatic amines is 1. The maximum absolute atomic E-state index is 10.3. The number of hydrogen-bond acceptors (Lipinski definition) is 2.